The van der Waals surface area contributed by atoms with Crippen LogP contribution in [0.15, 0.2) is 18.2 Å². The minimum absolute atomic E-state index is 0.0714. The van der Waals surface area contributed by atoms with E-state index in [-0.39, 0.29) is 23.7 Å². The van der Waals surface area contributed by atoms with E-state index in [1.807, 2.05) is 4.90 Å². The summed E-state index contributed by atoms with van der Waals surface area (Å²) in [5, 5.41) is 3.05. The molecule has 1 aromatic rings. The molecule has 1 saturated heterocycles. The van der Waals surface area contributed by atoms with E-state index in [1.54, 1.807) is 0 Å². The van der Waals surface area contributed by atoms with Gasteiger partial charge in [-0.1, -0.05) is 11.6 Å². The Bertz CT molecular complexity index is 685. The zero-order valence-electron chi connectivity index (χ0n) is 13.4. The van der Waals surface area contributed by atoms with Crippen molar-refractivity contribution in [3.8, 4) is 0 Å². The van der Waals surface area contributed by atoms with Gasteiger partial charge >= 0.3 is 5.97 Å². The summed E-state index contributed by atoms with van der Waals surface area (Å²) in [5.41, 5.74) is 0.654. The minimum Gasteiger partial charge on any atom is -0.465 e. The number of amides is 2. The van der Waals surface area contributed by atoms with E-state index in [0.29, 0.717) is 22.7 Å². The molecule has 2 fully saturated rings. The second kappa shape index (κ2) is 6.81. The standard InChI is InChI=1S/C17H19ClN2O4/c1-24-17(23)10-4-5-13(18)14(8-10)19-15(21)11-9-12(11)16(22)20-6-2-3-7-20/h4-5,8,11-12H,2-3,6-7,9H2,1H3,(H,19,21). The van der Waals surface area contributed by atoms with E-state index in [9.17, 15) is 14.4 Å². The molecule has 3 rings (SSSR count). The first kappa shape index (κ1) is 16.8. The van der Waals surface area contributed by atoms with Crippen LogP contribution in [0.25, 0.3) is 0 Å². The van der Waals surface area contributed by atoms with Gasteiger partial charge in [0.05, 0.1) is 35.2 Å². The number of carbonyl (C=O) groups excluding carboxylic acids is 3. The van der Waals surface area contributed by atoms with Crippen LogP contribution in [0, 0.1) is 11.8 Å². The summed E-state index contributed by atoms with van der Waals surface area (Å²) in [5.74, 6) is -1.23. The second-order valence-electron chi connectivity index (χ2n) is 6.16. The third-order valence-corrected chi connectivity index (χ3v) is 4.84. The Hall–Kier alpha value is -2.08. The lowest BCUT2D eigenvalue weighted by Crippen LogP contribution is -2.30. The molecule has 1 heterocycles. The van der Waals surface area contributed by atoms with Gasteiger partial charge in [0.15, 0.2) is 0 Å². The number of nitrogens with one attached hydrogen (secondary N) is 1. The smallest absolute Gasteiger partial charge is 0.337 e. The molecule has 0 bridgehead atoms. The number of rotatable bonds is 4. The van der Waals surface area contributed by atoms with Gasteiger partial charge in [-0.2, -0.15) is 0 Å². The zero-order valence-corrected chi connectivity index (χ0v) is 14.1. The minimum atomic E-state index is -0.504. The number of benzene rings is 1. The van der Waals surface area contributed by atoms with Gasteiger partial charge in [-0.3, -0.25) is 9.59 Å². The normalized spacial score (nSPS) is 22.2. The highest BCUT2D eigenvalue weighted by molar-refractivity contribution is 6.34. The molecular weight excluding hydrogens is 332 g/mol. The topological polar surface area (TPSA) is 75.7 Å². The first-order chi connectivity index (χ1) is 11.5. The second-order valence-corrected chi connectivity index (χ2v) is 6.56. The first-order valence-corrected chi connectivity index (χ1v) is 8.36. The quantitative estimate of drug-likeness (QED) is 0.845. The summed E-state index contributed by atoms with van der Waals surface area (Å²) in [4.78, 5) is 38.0. The van der Waals surface area contributed by atoms with Gasteiger partial charge in [-0.05, 0) is 37.5 Å². The predicted molar refractivity (Wildman–Crippen MR) is 88.8 cm³/mol. The number of hydrogen-bond donors (Lipinski definition) is 1. The number of ether oxygens (including phenoxy) is 1. The van der Waals surface area contributed by atoms with Gasteiger partial charge in [0.1, 0.15) is 0 Å². The van der Waals surface area contributed by atoms with Crippen molar-refractivity contribution in [2.45, 2.75) is 19.3 Å². The lowest BCUT2D eigenvalue weighted by Gasteiger charge is -2.15. The van der Waals surface area contributed by atoms with E-state index in [1.165, 1.54) is 25.3 Å². The average Bonchev–Trinajstić information content (AvgIpc) is 3.20. The summed E-state index contributed by atoms with van der Waals surface area (Å²) in [6.45, 7) is 1.58. The summed E-state index contributed by atoms with van der Waals surface area (Å²) in [6, 6.07) is 4.54. The molecular formula is C17H19ClN2O4. The fourth-order valence-corrected chi connectivity index (χ4v) is 3.19. The Morgan fingerprint density at radius 2 is 1.92 bits per heavy atom. The molecule has 128 valence electrons. The third kappa shape index (κ3) is 3.38. The molecule has 1 saturated carbocycles. The van der Waals surface area contributed by atoms with Crippen LogP contribution in [0.5, 0.6) is 0 Å². The van der Waals surface area contributed by atoms with E-state index in [4.69, 9.17) is 11.6 Å². The number of methoxy groups -OCH3 is 1. The summed E-state index contributed by atoms with van der Waals surface area (Å²) in [6.07, 6.45) is 2.63. The number of likely N-dealkylation sites (tertiary alicyclic amines) is 1. The van der Waals surface area contributed by atoms with Gasteiger partial charge in [0.2, 0.25) is 11.8 Å². The van der Waals surface area contributed by atoms with Crippen LogP contribution in [0.2, 0.25) is 5.02 Å². The Morgan fingerprint density at radius 3 is 2.58 bits per heavy atom. The van der Waals surface area contributed by atoms with Crippen LogP contribution in [0.1, 0.15) is 29.6 Å². The molecule has 2 unspecified atom stereocenters. The fourth-order valence-electron chi connectivity index (χ4n) is 3.02. The number of hydrogen-bond acceptors (Lipinski definition) is 4. The SMILES string of the molecule is COC(=O)c1ccc(Cl)c(NC(=O)C2CC2C(=O)N2CCCC2)c1. The molecule has 7 heteroatoms. The molecule has 0 radical (unpaired) electrons. The maximum Gasteiger partial charge on any atom is 0.337 e. The van der Waals surface area contributed by atoms with Crippen LogP contribution in [0.3, 0.4) is 0 Å². The zero-order chi connectivity index (χ0) is 17.3. The number of carbonyl (C=O) groups is 3. The van der Waals surface area contributed by atoms with E-state index < -0.39 is 5.97 Å². The van der Waals surface area contributed by atoms with Crippen LogP contribution in [-0.4, -0.2) is 42.9 Å². The first-order valence-electron chi connectivity index (χ1n) is 7.99. The van der Waals surface area contributed by atoms with Crippen molar-refractivity contribution in [3.63, 3.8) is 0 Å². The van der Waals surface area contributed by atoms with Crippen molar-refractivity contribution >= 4 is 35.1 Å². The van der Waals surface area contributed by atoms with Gasteiger partial charge in [-0.15, -0.1) is 0 Å². The lowest BCUT2D eigenvalue weighted by molar-refractivity contribution is -0.133. The molecule has 2 aliphatic rings. The Labute approximate surface area is 145 Å². The van der Waals surface area contributed by atoms with Crippen molar-refractivity contribution in [1.82, 2.24) is 4.90 Å². The number of esters is 1. The molecule has 2 amide bonds. The van der Waals surface area contributed by atoms with Crippen LogP contribution < -0.4 is 5.32 Å². The maximum absolute atomic E-state index is 12.4. The molecule has 2 atom stereocenters. The molecule has 24 heavy (non-hydrogen) atoms. The average molecular weight is 351 g/mol. The van der Waals surface area contributed by atoms with E-state index in [0.717, 1.165) is 25.9 Å². The Kier molecular flexibility index (Phi) is 4.76. The molecule has 0 aromatic heterocycles. The van der Waals surface area contributed by atoms with E-state index in [2.05, 4.69) is 10.1 Å². The lowest BCUT2D eigenvalue weighted by atomic mass is 10.2. The van der Waals surface area contributed by atoms with Gasteiger partial charge in [-0.25, -0.2) is 4.79 Å². The maximum atomic E-state index is 12.4. The highest BCUT2D eigenvalue weighted by atomic mass is 35.5. The Balaban J connectivity index is 1.63. The molecule has 1 aliphatic heterocycles. The van der Waals surface area contributed by atoms with Crippen molar-refractivity contribution in [3.05, 3.63) is 28.8 Å². The Morgan fingerprint density at radius 1 is 1.21 bits per heavy atom. The van der Waals surface area contributed by atoms with Gasteiger partial charge in [0, 0.05) is 13.1 Å². The van der Waals surface area contributed by atoms with Crippen LogP contribution in [0.4, 0.5) is 5.69 Å². The fraction of sp³-hybridized carbons (Fsp3) is 0.471. The third-order valence-electron chi connectivity index (χ3n) is 4.51. The predicted octanol–water partition coefficient (Wildman–Crippen LogP) is 2.32. The van der Waals surface area contributed by atoms with Crippen molar-refractivity contribution in [2.75, 3.05) is 25.5 Å². The van der Waals surface area contributed by atoms with E-state index >= 15 is 0 Å². The molecule has 1 N–H and O–H groups in total. The highest BCUT2D eigenvalue weighted by Crippen LogP contribution is 2.41. The van der Waals surface area contributed by atoms with Crippen molar-refractivity contribution < 1.29 is 19.1 Å². The van der Waals surface area contributed by atoms with Gasteiger partial charge in [0.25, 0.3) is 0 Å². The molecule has 6 nitrogen and oxygen atoms in total. The summed E-state index contributed by atoms with van der Waals surface area (Å²) >= 11 is 6.07. The molecule has 1 aromatic carbocycles. The summed E-state index contributed by atoms with van der Waals surface area (Å²) in [7, 11) is 1.29. The van der Waals surface area contributed by atoms with Crippen LogP contribution in [-0.2, 0) is 14.3 Å². The summed E-state index contributed by atoms with van der Waals surface area (Å²) < 4.78 is 4.66. The van der Waals surface area contributed by atoms with Crippen molar-refractivity contribution in [1.29, 1.82) is 0 Å². The molecule has 1 aliphatic carbocycles. The monoisotopic (exact) mass is 350 g/mol. The number of anilines is 1. The van der Waals surface area contributed by atoms with Crippen molar-refractivity contribution in [2.24, 2.45) is 11.8 Å². The van der Waals surface area contributed by atoms with Crippen LogP contribution >= 0.6 is 11.6 Å². The molecule has 0 spiro atoms. The highest BCUT2D eigenvalue weighted by Gasteiger charge is 2.49. The number of halogens is 1. The van der Waals surface area contributed by atoms with Gasteiger partial charge < -0.3 is 15.0 Å². The number of nitrogens with zero attached hydrogens (tertiary/aromatic N) is 1. The largest absolute Gasteiger partial charge is 0.465 e.